The molecule has 0 aliphatic heterocycles. The van der Waals surface area contributed by atoms with Crippen molar-refractivity contribution in [2.45, 2.75) is 38.1 Å². The summed E-state index contributed by atoms with van der Waals surface area (Å²) in [5.41, 5.74) is 3.71. The van der Waals surface area contributed by atoms with E-state index >= 15 is 0 Å². The van der Waals surface area contributed by atoms with Crippen LogP contribution in [0.15, 0.2) is 71.2 Å². The Morgan fingerprint density at radius 3 is 2.13 bits per heavy atom. The lowest BCUT2D eigenvalue weighted by Gasteiger charge is -2.42. The van der Waals surface area contributed by atoms with E-state index in [-0.39, 0.29) is 34.7 Å². The van der Waals surface area contributed by atoms with E-state index in [1.807, 2.05) is 6.92 Å². The van der Waals surface area contributed by atoms with Crippen LogP contribution in [0.1, 0.15) is 48.5 Å². The molecular weight excluding hydrogens is 572 g/mol. The summed E-state index contributed by atoms with van der Waals surface area (Å²) in [6.45, 7) is 1.97. The summed E-state index contributed by atoms with van der Waals surface area (Å²) in [6, 6.07) is 15.4. The zero-order valence-corrected chi connectivity index (χ0v) is 22.9. The molecular formula is C27H27BrN4O7. The number of hydrogen-bond donors (Lipinski definition) is 1. The van der Waals surface area contributed by atoms with Gasteiger partial charge in [-0.3, -0.25) is 34.7 Å². The number of nitro benzene ring substituents is 2. The molecule has 0 aromatic heterocycles. The zero-order valence-electron chi connectivity index (χ0n) is 21.3. The molecule has 2 N–H and O–H groups in total. The molecule has 0 fully saturated rings. The Hall–Kier alpha value is -4.32. The first-order valence-corrected chi connectivity index (χ1v) is 12.8. The first kappa shape index (κ1) is 29.2. The van der Waals surface area contributed by atoms with Crippen molar-refractivity contribution < 1.29 is 24.2 Å². The third-order valence-electron chi connectivity index (χ3n) is 6.41. The number of unbranched alkanes of at least 4 members (excludes halogenated alkanes) is 2. The summed E-state index contributed by atoms with van der Waals surface area (Å²) in [7, 11) is 1.36. The first-order chi connectivity index (χ1) is 18.6. The SMILES string of the molecule is CCCCCC(C(N)=O)(c1ccc([N+](=O)[O-])cc1)N(C(=O)c1cc(OC)ccc1[N+](=O)[O-])c1ccc(Br)cc1. The second-order valence-electron chi connectivity index (χ2n) is 8.74. The molecule has 39 heavy (non-hydrogen) atoms. The maximum Gasteiger partial charge on any atom is 0.282 e. The minimum absolute atomic E-state index is 0.0630. The van der Waals surface area contributed by atoms with Crippen molar-refractivity contribution in [3.63, 3.8) is 0 Å². The quantitative estimate of drug-likeness (QED) is 0.155. The third-order valence-corrected chi connectivity index (χ3v) is 6.93. The van der Waals surface area contributed by atoms with E-state index in [9.17, 15) is 29.8 Å². The van der Waals surface area contributed by atoms with Gasteiger partial charge in [0.25, 0.3) is 17.3 Å². The molecule has 3 aromatic carbocycles. The number of non-ortho nitro benzene ring substituents is 1. The Morgan fingerprint density at radius 1 is 0.974 bits per heavy atom. The van der Waals surface area contributed by atoms with Gasteiger partial charge in [0.15, 0.2) is 5.54 Å². The maximum atomic E-state index is 14.4. The van der Waals surface area contributed by atoms with Crippen molar-refractivity contribution in [3.8, 4) is 5.75 Å². The molecule has 0 radical (unpaired) electrons. The van der Waals surface area contributed by atoms with Gasteiger partial charge in [0.1, 0.15) is 11.3 Å². The number of carbonyl (C=O) groups excluding carboxylic acids is 2. The molecule has 1 atom stereocenters. The standard InChI is InChI=1S/C27H27BrN4O7/c1-3-4-5-16-27(26(29)34,18-6-10-21(11-7-18)31(35)36)30(20-12-8-19(28)9-13-20)25(33)23-17-22(39-2)14-15-24(23)32(37)38/h6-15,17H,3-5,16H2,1-2H3,(H2,29,34). The van der Waals surface area contributed by atoms with Crippen molar-refractivity contribution >= 4 is 44.8 Å². The van der Waals surface area contributed by atoms with Gasteiger partial charge < -0.3 is 10.5 Å². The number of methoxy groups -OCH3 is 1. The predicted octanol–water partition coefficient (Wildman–Crippen LogP) is 5.88. The first-order valence-electron chi connectivity index (χ1n) is 12.0. The number of ether oxygens (including phenoxy) is 1. The average molecular weight is 599 g/mol. The number of rotatable bonds is 12. The van der Waals surface area contributed by atoms with Gasteiger partial charge in [-0.25, -0.2) is 0 Å². The Morgan fingerprint density at radius 2 is 1.62 bits per heavy atom. The van der Waals surface area contributed by atoms with E-state index in [0.29, 0.717) is 17.3 Å². The number of amides is 2. The lowest BCUT2D eigenvalue weighted by Crippen LogP contribution is -2.58. The molecule has 1 unspecified atom stereocenters. The van der Waals surface area contributed by atoms with Crippen molar-refractivity contribution in [1.82, 2.24) is 0 Å². The highest BCUT2D eigenvalue weighted by Gasteiger charge is 2.48. The highest BCUT2D eigenvalue weighted by Crippen LogP contribution is 2.41. The van der Waals surface area contributed by atoms with Crippen LogP contribution in [-0.2, 0) is 10.3 Å². The monoisotopic (exact) mass is 598 g/mol. The zero-order chi connectivity index (χ0) is 28.7. The molecule has 0 bridgehead atoms. The van der Waals surface area contributed by atoms with E-state index in [1.54, 1.807) is 24.3 Å². The van der Waals surface area contributed by atoms with Crippen LogP contribution < -0.4 is 15.4 Å². The Balaban J connectivity index is 2.39. The second kappa shape index (κ2) is 12.5. The van der Waals surface area contributed by atoms with Crippen LogP contribution in [0.3, 0.4) is 0 Å². The number of nitro groups is 2. The van der Waals surface area contributed by atoms with Gasteiger partial charge in [-0.15, -0.1) is 0 Å². The van der Waals surface area contributed by atoms with Crippen molar-refractivity contribution in [1.29, 1.82) is 0 Å². The van der Waals surface area contributed by atoms with Crippen molar-refractivity contribution in [2.24, 2.45) is 5.73 Å². The van der Waals surface area contributed by atoms with Crippen molar-refractivity contribution in [2.75, 3.05) is 12.0 Å². The molecule has 0 spiro atoms. The molecule has 3 rings (SSSR count). The van der Waals surface area contributed by atoms with Crippen LogP contribution in [0.2, 0.25) is 0 Å². The van der Waals surface area contributed by atoms with Gasteiger partial charge in [0.05, 0.1) is 17.0 Å². The highest BCUT2D eigenvalue weighted by molar-refractivity contribution is 9.10. The average Bonchev–Trinajstić information content (AvgIpc) is 2.92. The number of carbonyl (C=O) groups is 2. The third kappa shape index (κ3) is 6.06. The predicted molar refractivity (Wildman–Crippen MR) is 149 cm³/mol. The summed E-state index contributed by atoms with van der Waals surface area (Å²) in [5, 5.41) is 23.2. The lowest BCUT2D eigenvalue weighted by molar-refractivity contribution is -0.385. The van der Waals surface area contributed by atoms with Crippen LogP contribution in [0.25, 0.3) is 0 Å². The summed E-state index contributed by atoms with van der Waals surface area (Å²) < 4.78 is 5.91. The van der Waals surface area contributed by atoms with Gasteiger partial charge >= 0.3 is 0 Å². The molecule has 0 saturated carbocycles. The molecule has 0 heterocycles. The van der Waals surface area contributed by atoms with Gasteiger partial charge in [0.2, 0.25) is 5.91 Å². The van der Waals surface area contributed by atoms with E-state index < -0.39 is 32.9 Å². The summed E-state index contributed by atoms with van der Waals surface area (Å²) in [6.07, 6.45) is 2.02. The fourth-order valence-electron chi connectivity index (χ4n) is 4.44. The number of hydrogen-bond acceptors (Lipinski definition) is 7. The smallest absolute Gasteiger partial charge is 0.282 e. The Labute approximate surface area is 233 Å². The number of nitrogens with two attached hydrogens (primary N) is 1. The largest absolute Gasteiger partial charge is 0.497 e. The Kier molecular flexibility index (Phi) is 9.36. The molecule has 2 amide bonds. The van der Waals surface area contributed by atoms with Crippen molar-refractivity contribution in [3.05, 3.63) is 103 Å². The topological polar surface area (TPSA) is 159 Å². The van der Waals surface area contributed by atoms with E-state index in [0.717, 1.165) is 17.4 Å². The number of anilines is 1. The van der Waals surface area contributed by atoms with Crippen LogP contribution in [0, 0.1) is 20.2 Å². The number of benzene rings is 3. The van der Waals surface area contributed by atoms with Crippen LogP contribution in [0.4, 0.5) is 17.1 Å². The summed E-state index contributed by atoms with van der Waals surface area (Å²) >= 11 is 3.36. The molecule has 204 valence electrons. The number of nitrogens with zero attached hydrogens (tertiary/aromatic N) is 3. The van der Waals surface area contributed by atoms with E-state index in [2.05, 4.69) is 15.9 Å². The van der Waals surface area contributed by atoms with Crippen LogP contribution in [-0.4, -0.2) is 28.8 Å². The highest BCUT2D eigenvalue weighted by atomic mass is 79.9. The normalized spacial score (nSPS) is 12.3. The van der Waals surface area contributed by atoms with E-state index in [1.165, 1.54) is 43.5 Å². The summed E-state index contributed by atoms with van der Waals surface area (Å²) in [5.74, 6) is -1.56. The number of primary amides is 1. The minimum atomic E-state index is -1.84. The van der Waals surface area contributed by atoms with E-state index in [4.69, 9.17) is 10.5 Å². The Bertz CT molecular complexity index is 1380. The van der Waals surface area contributed by atoms with Crippen LogP contribution >= 0.6 is 15.9 Å². The molecule has 0 aliphatic rings. The summed E-state index contributed by atoms with van der Waals surface area (Å²) in [4.78, 5) is 51.0. The molecule has 0 aliphatic carbocycles. The molecule has 0 saturated heterocycles. The fourth-order valence-corrected chi connectivity index (χ4v) is 4.71. The van der Waals surface area contributed by atoms with Gasteiger partial charge in [-0.1, -0.05) is 42.1 Å². The van der Waals surface area contributed by atoms with Gasteiger partial charge in [-0.2, -0.15) is 0 Å². The number of halogens is 1. The molecule has 11 nitrogen and oxygen atoms in total. The fraction of sp³-hybridized carbons (Fsp3) is 0.259. The molecule has 12 heteroatoms. The van der Waals surface area contributed by atoms with Gasteiger partial charge in [-0.05, 0) is 60.5 Å². The lowest BCUT2D eigenvalue weighted by atomic mass is 9.81. The maximum absolute atomic E-state index is 14.4. The minimum Gasteiger partial charge on any atom is -0.497 e. The second-order valence-corrected chi connectivity index (χ2v) is 9.66. The molecule has 3 aromatic rings. The van der Waals surface area contributed by atoms with Gasteiger partial charge in [0, 0.05) is 28.4 Å². The van der Waals surface area contributed by atoms with Crippen LogP contribution in [0.5, 0.6) is 5.75 Å².